The van der Waals surface area contributed by atoms with Crippen molar-refractivity contribution in [1.82, 2.24) is 0 Å². The van der Waals surface area contributed by atoms with E-state index in [0.717, 1.165) is 16.9 Å². The Hall–Kier alpha value is -2.17. The van der Waals surface area contributed by atoms with Crippen molar-refractivity contribution in [3.8, 4) is 5.75 Å². The van der Waals surface area contributed by atoms with E-state index in [-0.39, 0.29) is 10.4 Å². The molecule has 0 aliphatic rings. The second-order valence-corrected chi connectivity index (χ2v) is 6.39. The fourth-order valence-electron chi connectivity index (χ4n) is 2.52. The van der Waals surface area contributed by atoms with Crippen LogP contribution in [-0.4, -0.2) is 30.5 Å². The number of quaternary nitrogens is 1. The number of rotatable bonds is 6. The van der Waals surface area contributed by atoms with Crippen LogP contribution in [0.1, 0.15) is 18.1 Å². The largest absolute Gasteiger partial charge is 0.489 e. The van der Waals surface area contributed by atoms with E-state index in [1.54, 1.807) is 6.92 Å². The van der Waals surface area contributed by atoms with E-state index in [1.165, 1.54) is 0 Å². The zero-order valence-electron chi connectivity index (χ0n) is 14.0. The van der Waals surface area contributed by atoms with Gasteiger partial charge in [0.05, 0.1) is 14.1 Å². The maximum absolute atomic E-state index is 12.1. The number of nitrogens with two attached hydrogens (primary N) is 1. The highest BCUT2D eigenvalue weighted by atomic mass is 16.5. The number of amides is 1. The lowest BCUT2D eigenvalue weighted by atomic mass is 10.1. The summed E-state index contributed by atoms with van der Waals surface area (Å²) in [5.41, 5.74) is 7.93. The quantitative estimate of drug-likeness (QED) is 0.834. The van der Waals surface area contributed by atoms with Gasteiger partial charge in [-0.2, -0.15) is 0 Å². The van der Waals surface area contributed by atoms with Crippen molar-refractivity contribution in [3.63, 3.8) is 0 Å². The number of likely N-dealkylation sites (N-methyl/N-ethyl adjacent to an activating group) is 1. The molecule has 2 aromatic rings. The molecule has 0 aliphatic carbocycles. The number of benzene rings is 2. The van der Waals surface area contributed by atoms with Crippen LogP contribution in [-0.2, 0) is 17.9 Å². The third-order valence-corrected chi connectivity index (χ3v) is 3.74. The van der Waals surface area contributed by atoms with Gasteiger partial charge >= 0.3 is 5.91 Å². The van der Waals surface area contributed by atoms with Crippen molar-refractivity contribution >= 4 is 5.91 Å². The summed E-state index contributed by atoms with van der Waals surface area (Å²) in [5, 5.41) is 0. The normalized spacial score (nSPS) is 12.7. The lowest BCUT2D eigenvalue weighted by molar-refractivity contribution is -0.828. The lowest BCUT2D eigenvalue weighted by Crippen LogP contribution is -2.51. The summed E-state index contributed by atoms with van der Waals surface area (Å²) >= 11 is 0. The molecule has 0 saturated carbocycles. The maximum Gasteiger partial charge on any atom is 0.330 e. The van der Waals surface area contributed by atoms with Gasteiger partial charge in [-0.25, -0.2) is 4.79 Å². The summed E-state index contributed by atoms with van der Waals surface area (Å²) in [6.45, 7) is 2.88. The molecule has 0 radical (unpaired) electrons. The third-order valence-electron chi connectivity index (χ3n) is 3.74. The summed E-state index contributed by atoms with van der Waals surface area (Å²) in [6.07, 6.45) is 0. The van der Waals surface area contributed by atoms with Crippen LogP contribution in [0.15, 0.2) is 54.6 Å². The molecule has 4 nitrogen and oxygen atoms in total. The van der Waals surface area contributed by atoms with E-state index in [9.17, 15) is 4.79 Å². The molecule has 0 fully saturated rings. The summed E-state index contributed by atoms with van der Waals surface area (Å²) in [4.78, 5) is 12.1. The van der Waals surface area contributed by atoms with E-state index in [4.69, 9.17) is 10.5 Å². The first-order valence-corrected chi connectivity index (χ1v) is 7.77. The highest BCUT2D eigenvalue weighted by molar-refractivity contribution is 5.74. The molecule has 0 aliphatic heterocycles. The second kappa shape index (κ2) is 7.40. The predicted molar refractivity (Wildman–Crippen MR) is 91.7 cm³/mol. The van der Waals surface area contributed by atoms with Crippen LogP contribution < -0.4 is 10.5 Å². The van der Waals surface area contributed by atoms with Crippen molar-refractivity contribution < 1.29 is 14.0 Å². The molecule has 1 amide bonds. The standard InChI is InChI=1S/C19H25N2O2/c1-15(20)19(22)21(2,3)13-16-9-11-18(12-10-16)23-14-17-7-5-4-6-8-17/h4-12,15H,13-14,20H2,1-3H3/q+1. The van der Waals surface area contributed by atoms with Gasteiger partial charge in [-0.15, -0.1) is 0 Å². The number of carbonyl (C=O) groups is 1. The van der Waals surface area contributed by atoms with Crippen LogP contribution in [0.4, 0.5) is 0 Å². The maximum atomic E-state index is 12.1. The average molecular weight is 313 g/mol. The zero-order valence-corrected chi connectivity index (χ0v) is 14.0. The fraction of sp³-hybridized carbons (Fsp3) is 0.316. The number of ether oxygens (including phenoxy) is 1. The molecule has 4 heteroatoms. The van der Waals surface area contributed by atoms with Gasteiger partial charge in [-0.1, -0.05) is 30.3 Å². The Bertz CT molecular complexity index is 634. The predicted octanol–water partition coefficient (Wildman–Crippen LogP) is 2.72. The molecule has 2 rings (SSSR count). The lowest BCUT2D eigenvalue weighted by Gasteiger charge is -2.28. The smallest absolute Gasteiger partial charge is 0.330 e. The molecule has 0 bridgehead atoms. The Morgan fingerprint density at radius 1 is 1.04 bits per heavy atom. The first kappa shape index (κ1) is 17.2. The first-order valence-electron chi connectivity index (χ1n) is 7.77. The van der Waals surface area contributed by atoms with E-state index in [1.807, 2.05) is 68.7 Å². The van der Waals surface area contributed by atoms with Gasteiger partial charge in [0.2, 0.25) is 0 Å². The molecule has 0 aromatic heterocycles. The minimum atomic E-state index is -0.460. The van der Waals surface area contributed by atoms with Gasteiger partial charge < -0.3 is 10.5 Å². The van der Waals surface area contributed by atoms with E-state index >= 15 is 0 Å². The Balaban J connectivity index is 1.95. The van der Waals surface area contributed by atoms with E-state index < -0.39 is 6.04 Å². The Morgan fingerprint density at radius 3 is 2.22 bits per heavy atom. The van der Waals surface area contributed by atoms with Crippen LogP contribution in [0.25, 0.3) is 0 Å². The monoisotopic (exact) mass is 313 g/mol. The molecule has 1 atom stereocenters. The summed E-state index contributed by atoms with van der Waals surface area (Å²) in [6, 6.07) is 17.5. The average Bonchev–Trinajstić information content (AvgIpc) is 2.54. The molecule has 0 spiro atoms. The minimum absolute atomic E-state index is 0.0226. The Morgan fingerprint density at radius 2 is 1.65 bits per heavy atom. The van der Waals surface area contributed by atoms with Crippen molar-refractivity contribution in [2.75, 3.05) is 14.1 Å². The van der Waals surface area contributed by atoms with Crippen LogP contribution >= 0.6 is 0 Å². The number of hydrogen-bond acceptors (Lipinski definition) is 3. The van der Waals surface area contributed by atoms with Gasteiger partial charge in [0.25, 0.3) is 0 Å². The molecule has 2 aromatic carbocycles. The molecule has 0 saturated heterocycles. The van der Waals surface area contributed by atoms with Crippen LogP contribution in [0.3, 0.4) is 0 Å². The van der Waals surface area contributed by atoms with Crippen LogP contribution in [0, 0.1) is 0 Å². The van der Waals surface area contributed by atoms with Crippen LogP contribution in [0.5, 0.6) is 5.75 Å². The van der Waals surface area contributed by atoms with Gasteiger partial charge in [-0.3, -0.25) is 4.48 Å². The minimum Gasteiger partial charge on any atom is -0.489 e. The molecule has 122 valence electrons. The zero-order chi connectivity index (χ0) is 16.9. The Kier molecular flexibility index (Phi) is 5.53. The Labute approximate surface area is 138 Å². The summed E-state index contributed by atoms with van der Waals surface area (Å²) < 4.78 is 6.01. The van der Waals surface area contributed by atoms with Gasteiger partial charge in [0.1, 0.15) is 24.9 Å². The molecule has 2 N–H and O–H groups in total. The molecular weight excluding hydrogens is 288 g/mol. The van der Waals surface area contributed by atoms with Gasteiger partial charge in [0.15, 0.2) is 0 Å². The second-order valence-electron chi connectivity index (χ2n) is 6.39. The molecule has 1 unspecified atom stereocenters. The summed E-state index contributed by atoms with van der Waals surface area (Å²) in [7, 11) is 3.76. The van der Waals surface area contributed by atoms with Crippen molar-refractivity contribution in [2.24, 2.45) is 5.73 Å². The number of hydrogen-bond donors (Lipinski definition) is 1. The fourth-order valence-corrected chi connectivity index (χ4v) is 2.52. The van der Waals surface area contributed by atoms with Crippen molar-refractivity contribution in [3.05, 3.63) is 65.7 Å². The van der Waals surface area contributed by atoms with Gasteiger partial charge in [-0.05, 0) is 36.8 Å². The third kappa shape index (κ3) is 4.91. The van der Waals surface area contributed by atoms with Crippen molar-refractivity contribution in [1.29, 1.82) is 0 Å². The highest BCUT2D eigenvalue weighted by Crippen LogP contribution is 2.17. The van der Waals surface area contributed by atoms with E-state index in [2.05, 4.69) is 0 Å². The van der Waals surface area contributed by atoms with Crippen LogP contribution in [0.2, 0.25) is 0 Å². The molecule has 23 heavy (non-hydrogen) atoms. The van der Waals surface area contributed by atoms with Crippen molar-refractivity contribution in [2.45, 2.75) is 26.1 Å². The number of carbonyl (C=O) groups excluding carboxylic acids is 1. The molecular formula is C19H25N2O2+. The highest BCUT2D eigenvalue weighted by Gasteiger charge is 2.29. The molecule has 0 heterocycles. The van der Waals surface area contributed by atoms with E-state index in [0.29, 0.717) is 13.2 Å². The summed E-state index contributed by atoms with van der Waals surface area (Å²) in [5.74, 6) is 0.843. The van der Waals surface area contributed by atoms with Gasteiger partial charge in [0, 0.05) is 5.56 Å². The number of nitrogens with zero attached hydrogens (tertiary/aromatic N) is 1. The topological polar surface area (TPSA) is 52.3 Å². The SMILES string of the molecule is CC(N)C(=O)[N+](C)(C)Cc1ccc(OCc2ccccc2)cc1. The first-order chi connectivity index (χ1) is 10.9.